The van der Waals surface area contributed by atoms with E-state index < -0.39 is 5.60 Å². The standard InChI is InChI=1S/C38H62N6O7/c1-27(45)24-42(17-19-50-4)35(48)26-43(18-20-51-5)34(47)23-39-22-29-25-44(41-40-29)16-6-12-38(49)15-11-33-31-8-7-28-21-30(46)9-13-36(28,2)32(31)10-14-37(33,38)3/h21,25,31-33,39-41,49H,6-20,22-24,26H2,1-5H3/t31?,32?,33?,36-,37-,38-/m0/s1. The minimum atomic E-state index is -0.674. The Balaban J connectivity index is 1.07. The van der Waals surface area contributed by atoms with Crippen LogP contribution in [0.15, 0.2) is 23.5 Å². The van der Waals surface area contributed by atoms with Crippen molar-refractivity contribution in [3.05, 3.63) is 23.5 Å². The number of carbonyl (C=O) groups excluding carboxylic acids is 4. The number of nitrogens with zero attached hydrogens (tertiary/aromatic N) is 3. The number of carbonyl (C=O) groups is 4. The maximum atomic E-state index is 13.1. The van der Waals surface area contributed by atoms with Gasteiger partial charge < -0.3 is 35.1 Å². The number of fused-ring (bicyclic) bond motifs is 5. The lowest BCUT2D eigenvalue weighted by atomic mass is 9.46. The van der Waals surface area contributed by atoms with Crippen molar-refractivity contribution in [2.24, 2.45) is 28.6 Å². The molecule has 4 N–H and O–H groups in total. The Hall–Kier alpha value is -2.84. The molecule has 0 aromatic rings. The van der Waals surface area contributed by atoms with E-state index in [1.54, 1.807) is 7.11 Å². The Kier molecular flexibility index (Phi) is 13.0. The van der Waals surface area contributed by atoms with E-state index in [-0.39, 0.29) is 67.8 Å². The number of ketones is 2. The molecule has 3 unspecified atom stereocenters. The summed E-state index contributed by atoms with van der Waals surface area (Å²) in [7, 11) is 3.08. The fourth-order valence-corrected chi connectivity index (χ4v) is 10.2. The van der Waals surface area contributed by atoms with E-state index in [0.717, 1.165) is 70.0 Å². The van der Waals surface area contributed by atoms with Gasteiger partial charge in [0, 0.05) is 53.0 Å². The predicted molar refractivity (Wildman–Crippen MR) is 192 cm³/mol. The Morgan fingerprint density at radius 3 is 2.39 bits per heavy atom. The summed E-state index contributed by atoms with van der Waals surface area (Å²) in [5, 5.41) is 17.4. The Bertz CT molecular complexity index is 1360. The molecule has 0 aromatic heterocycles. The third kappa shape index (κ3) is 8.70. The third-order valence-electron chi connectivity index (χ3n) is 13.1. The van der Waals surface area contributed by atoms with Crippen LogP contribution >= 0.6 is 0 Å². The van der Waals surface area contributed by atoms with Crippen LogP contribution < -0.4 is 16.3 Å². The first kappa shape index (κ1) is 39.4. The van der Waals surface area contributed by atoms with Crippen LogP contribution in [-0.4, -0.2) is 122 Å². The van der Waals surface area contributed by atoms with Crippen LogP contribution in [0, 0.1) is 28.6 Å². The van der Waals surface area contributed by atoms with Crippen molar-refractivity contribution in [2.45, 2.75) is 90.6 Å². The van der Waals surface area contributed by atoms with Crippen molar-refractivity contribution >= 4 is 23.4 Å². The average Bonchev–Trinajstić information content (AvgIpc) is 3.65. The Labute approximate surface area is 303 Å². The van der Waals surface area contributed by atoms with Gasteiger partial charge in [0.15, 0.2) is 5.78 Å². The zero-order chi connectivity index (χ0) is 36.8. The maximum absolute atomic E-state index is 13.1. The predicted octanol–water partition coefficient (Wildman–Crippen LogP) is 2.32. The van der Waals surface area contributed by atoms with Gasteiger partial charge in [0.1, 0.15) is 5.78 Å². The molecule has 0 spiro atoms. The molecular weight excluding hydrogens is 652 g/mol. The zero-order valence-corrected chi connectivity index (χ0v) is 31.6. The van der Waals surface area contributed by atoms with E-state index in [1.165, 1.54) is 29.4 Å². The summed E-state index contributed by atoms with van der Waals surface area (Å²) in [6, 6.07) is 0. The summed E-state index contributed by atoms with van der Waals surface area (Å²) in [4.78, 5) is 52.9. The summed E-state index contributed by atoms with van der Waals surface area (Å²) in [5.41, 5.74) is 8.00. The third-order valence-corrected chi connectivity index (χ3v) is 13.1. The van der Waals surface area contributed by atoms with E-state index in [0.29, 0.717) is 43.1 Å². The average molecular weight is 715 g/mol. The summed E-state index contributed by atoms with van der Waals surface area (Å²) >= 11 is 0. The van der Waals surface area contributed by atoms with Crippen LogP contribution in [0.1, 0.15) is 85.0 Å². The molecule has 0 bridgehead atoms. The molecule has 0 aromatic carbocycles. The number of amides is 2. The largest absolute Gasteiger partial charge is 0.389 e. The van der Waals surface area contributed by atoms with Gasteiger partial charge in [0.05, 0.1) is 44.1 Å². The highest BCUT2D eigenvalue weighted by atomic mass is 16.5. The number of Topliss-reactive ketones (excluding diaryl/α,β-unsaturated/α-hetero) is 1. The molecule has 6 atom stereocenters. The molecule has 13 heteroatoms. The summed E-state index contributed by atoms with van der Waals surface area (Å²) in [5.74, 6) is 1.37. The van der Waals surface area contributed by atoms with E-state index in [2.05, 4.69) is 30.1 Å². The molecule has 0 saturated heterocycles. The lowest BCUT2D eigenvalue weighted by Crippen LogP contribution is -2.55. The number of rotatable bonds is 18. The molecule has 5 rings (SSSR count). The lowest BCUT2D eigenvalue weighted by Gasteiger charge is -2.59. The quantitative estimate of drug-likeness (QED) is 0.166. The van der Waals surface area contributed by atoms with Gasteiger partial charge in [-0.1, -0.05) is 19.4 Å². The topological polar surface area (TPSA) is 153 Å². The lowest BCUT2D eigenvalue weighted by molar-refractivity contribution is -0.142. The molecule has 4 aliphatic carbocycles. The van der Waals surface area contributed by atoms with E-state index >= 15 is 0 Å². The zero-order valence-electron chi connectivity index (χ0n) is 31.6. The van der Waals surface area contributed by atoms with Gasteiger partial charge in [-0.05, 0) is 99.4 Å². The minimum absolute atomic E-state index is 0.0286. The van der Waals surface area contributed by atoms with Crippen molar-refractivity contribution in [2.75, 3.05) is 73.2 Å². The van der Waals surface area contributed by atoms with E-state index in [9.17, 15) is 24.3 Å². The fourth-order valence-electron chi connectivity index (χ4n) is 10.2. The number of methoxy groups -OCH3 is 2. The molecule has 0 radical (unpaired) electrons. The number of allylic oxidation sites excluding steroid dienone is 1. The van der Waals surface area contributed by atoms with Crippen molar-refractivity contribution in [1.29, 1.82) is 0 Å². The first-order valence-electron chi connectivity index (χ1n) is 19.0. The second-order valence-corrected chi connectivity index (χ2v) is 16.1. The van der Waals surface area contributed by atoms with Gasteiger partial charge in [0.25, 0.3) is 0 Å². The highest BCUT2D eigenvalue weighted by molar-refractivity contribution is 5.91. The molecular formula is C38H62N6O7. The molecule has 13 nitrogen and oxygen atoms in total. The van der Waals surface area contributed by atoms with Crippen molar-refractivity contribution in [1.82, 2.24) is 31.1 Å². The Morgan fingerprint density at radius 2 is 1.69 bits per heavy atom. The van der Waals surface area contributed by atoms with Crippen LogP contribution in [0.3, 0.4) is 0 Å². The number of hydrogen-bond donors (Lipinski definition) is 4. The number of nitrogens with one attached hydrogen (secondary N) is 3. The summed E-state index contributed by atoms with van der Waals surface area (Å²) in [6.45, 7) is 8.31. The second-order valence-electron chi connectivity index (χ2n) is 16.1. The minimum Gasteiger partial charge on any atom is -0.389 e. The van der Waals surface area contributed by atoms with Crippen molar-refractivity contribution in [3.8, 4) is 0 Å². The van der Waals surface area contributed by atoms with Crippen LogP contribution in [0.25, 0.3) is 0 Å². The summed E-state index contributed by atoms with van der Waals surface area (Å²) in [6.07, 6.45) is 13.5. The van der Waals surface area contributed by atoms with Gasteiger partial charge in [-0.25, -0.2) is 0 Å². The first-order valence-corrected chi connectivity index (χ1v) is 19.0. The fraction of sp³-hybridized carbons (Fsp3) is 0.789. The highest BCUT2D eigenvalue weighted by Gasteiger charge is 2.63. The van der Waals surface area contributed by atoms with Crippen LogP contribution in [0.2, 0.25) is 0 Å². The number of aliphatic hydroxyl groups is 1. The molecule has 1 aliphatic heterocycles. The Morgan fingerprint density at radius 1 is 0.980 bits per heavy atom. The molecule has 2 amide bonds. The normalized spacial score (nSPS) is 31.2. The van der Waals surface area contributed by atoms with Crippen LogP contribution in [0.5, 0.6) is 0 Å². The summed E-state index contributed by atoms with van der Waals surface area (Å²) < 4.78 is 10.2. The molecule has 3 fully saturated rings. The first-order chi connectivity index (χ1) is 24.3. The molecule has 286 valence electrons. The van der Waals surface area contributed by atoms with Crippen molar-refractivity contribution in [3.63, 3.8) is 0 Å². The SMILES string of the molecule is COCCN(CC(C)=O)C(=O)CN(CCOC)C(=O)CNCC1=CN(CCC[C@]2(O)CCC3C4CCC5=CC(=O)CC[C@]5(C)C4CC[C@@]32C)NN1. The van der Waals surface area contributed by atoms with Gasteiger partial charge in [0.2, 0.25) is 11.8 Å². The second kappa shape index (κ2) is 16.9. The maximum Gasteiger partial charge on any atom is 0.242 e. The van der Waals surface area contributed by atoms with Gasteiger partial charge in [-0.15, -0.1) is 5.53 Å². The number of ether oxygens (including phenoxy) is 2. The number of hydrogen-bond acceptors (Lipinski definition) is 11. The molecule has 1 heterocycles. The van der Waals surface area contributed by atoms with Gasteiger partial charge in [-0.2, -0.15) is 0 Å². The molecule has 3 saturated carbocycles. The van der Waals surface area contributed by atoms with Crippen LogP contribution in [0.4, 0.5) is 0 Å². The molecule has 51 heavy (non-hydrogen) atoms. The molecule has 5 aliphatic rings. The monoisotopic (exact) mass is 714 g/mol. The highest BCUT2D eigenvalue weighted by Crippen LogP contribution is 2.68. The van der Waals surface area contributed by atoms with Gasteiger partial charge in [-0.3, -0.25) is 24.2 Å². The van der Waals surface area contributed by atoms with E-state index in [4.69, 9.17) is 9.47 Å². The smallest absolute Gasteiger partial charge is 0.242 e. The van der Waals surface area contributed by atoms with Gasteiger partial charge >= 0.3 is 0 Å². The van der Waals surface area contributed by atoms with E-state index in [1.807, 2.05) is 17.3 Å². The van der Waals surface area contributed by atoms with Crippen LogP contribution in [-0.2, 0) is 28.7 Å². The van der Waals surface area contributed by atoms with Crippen molar-refractivity contribution < 1.29 is 33.8 Å². The number of hydrazine groups is 2.